The second-order valence-electron chi connectivity index (χ2n) is 8.66. The number of halogens is 1. The molecule has 1 atom stereocenters. The molecule has 5 nitrogen and oxygen atoms in total. The number of carbonyl (C=O) groups is 2. The molecule has 1 aliphatic rings. The fourth-order valence-corrected chi connectivity index (χ4v) is 4.35. The normalized spacial score (nSPS) is 15.5. The van der Waals surface area contributed by atoms with Gasteiger partial charge < -0.3 is 15.0 Å². The molecule has 1 aliphatic heterocycles. The third-order valence-corrected chi connectivity index (χ3v) is 6.27. The number of hydrogen-bond donors (Lipinski definition) is 1. The number of para-hydroxylation sites is 1. The zero-order valence-corrected chi connectivity index (χ0v) is 19.9. The predicted molar refractivity (Wildman–Crippen MR) is 128 cm³/mol. The number of likely N-dealkylation sites (tertiary alicyclic amines) is 1. The minimum absolute atomic E-state index is 0.000925. The van der Waals surface area contributed by atoms with Gasteiger partial charge in [-0.3, -0.25) is 9.59 Å². The Balaban J connectivity index is 1.59. The van der Waals surface area contributed by atoms with Crippen LogP contribution in [0.4, 0.5) is 0 Å². The molecule has 1 heterocycles. The summed E-state index contributed by atoms with van der Waals surface area (Å²) in [4.78, 5) is 27.9. The monoisotopic (exact) mass is 456 g/mol. The van der Waals surface area contributed by atoms with Gasteiger partial charge in [0.15, 0.2) is 0 Å². The second kappa shape index (κ2) is 11.4. The topological polar surface area (TPSA) is 58.6 Å². The molecule has 0 bridgehead atoms. The molecule has 172 valence electrons. The molecule has 0 spiro atoms. The number of nitrogens with zero attached hydrogens (tertiary/aromatic N) is 1. The average molecular weight is 457 g/mol. The van der Waals surface area contributed by atoms with Crippen LogP contribution in [0.5, 0.6) is 5.75 Å². The first kappa shape index (κ1) is 24.1. The summed E-state index contributed by atoms with van der Waals surface area (Å²) in [6.45, 7) is 7.78. The third-order valence-electron chi connectivity index (χ3n) is 6.02. The van der Waals surface area contributed by atoms with Crippen LogP contribution in [0.2, 0.25) is 5.02 Å². The van der Waals surface area contributed by atoms with Gasteiger partial charge >= 0.3 is 0 Å². The summed E-state index contributed by atoms with van der Waals surface area (Å²) in [7, 11) is 0. The van der Waals surface area contributed by atoms with Crippen LogP contribution in [-0.2, 0) is 16.0 Å². The van der Waals surface area contributed by atoms with Crippen molar-refractivity contribution in [1.82, 2.24) is 10.2 Å². The first-order valence-electron chi connectivity index (χ1n) is 11.4. The van der Waals surface area contributed by atoms with E-state index in [-0.39, 0.29) is 24.2 Å². The van der Waals surface area contributed by atoms with Crippen LogP contribution in [-0.4, -0.2) is 42.5 Å². The van der Waals surface area contributed by atoms with Crippen LogP contribution in [0, 0.1) is 5.92 Å². The number of piperidine rings is 1. The smallest absolute Gasteiger partial charge is 0.245 e. The molecule has 2 amide bonds. The maximum absolute atomic E-state index is 13.3. The van der Waals surface area contributed by atoms with E-state index in [9.17, 15) is 9.59 Å². The molecular weight excluding hydrogens is 424 g/mol. The van der Waals surface area contributed by atoms with Gasteiger partial charge in [-0.2, -0.15) is 0 Å². The number of carbonyl (C=O) groups excluding carboxylic acids is 2. The Morgan fingerprint density at radius 3 is 2.38 bits per heavy atom. The SMILES string of the molecule is CCOc1ccccc1CC(=O)N[C@@H](C(=O)N1CCC(c2ccc(Cl)cc2)CC1)C(C)C. The first-order valence-corrected chi connectivity index (χ1v) is 11.8. The second-order valence-corrected chi connectivity index (χ2v) is 9.09. The summed E-state index contributed by atoms with van der Waals surface area (Å²) >= 11 is 6.00. The van der Waals surface area contributed by atoms with E-state index in [1.807, 2.05) is 62.1 Å². The quantitative estimate of drug-likeness (QED) is 0.619. The number of rotatable bonds is 8. The van der Waals surface area contributed by atoms with Crippen LogP contribution in [0.25, 0.3) is 0 Å². The summed E-state index contributed by atoms with van der Waals surface area (Å²) in [5.41, 5.74) is 2.09. The van der Waals surface area contributed by atoms with Gasteiger partial charge in [-0.25, -0.2) is 0 Å². The van der Waals surface area contributed by atoms with Gasteiger partial charge in [0.25, 0.3) is 0 Å². The fourth-order valence-electron chi connectivity index (χ4n) is 4.22. The van der Waals surface area contributed by atoms with E-state index in [0.717, 1.165) is 23.4 Å². The fraction of sp³-hybridized carbons (Fsp3) is 0.462. The molecule has 2 aromatic carbocycles. The zero-order valence-electron chi connectivity index (χ0n) is 19.1. The van der Waals surface area contributed by atoms with Gasteiger partial charge in [-0.15, -0.1) is 0 Å². The van der Waals surface area contributed by atoms with Crippen LogP contribution in [0.1, 0.15) is 50.7 Å². The Kier molecular flexibility index (Phi) is 8.57. The lowest BCUT2D eigenvalue weighted by Gasteiger charge is -2.35. The molecule has 32 heavy (non-hydrogen) atoms. The molecule has 1 saturated heterocycles. The Morgan fingerprint density at radius 1 is 1.09 bits per heavy atom. The Morgan fingerprint density at radius 2 is 1.75 bits per heavy atom. The number of ether oxygens (including phenoxy) is 1. The van der Waals surface area contributed by atoms with Crippen LogP contribution < -0.4 is 10.1 Å². The van der Waals surface area contributed by atoms with Crippen molar-refractivity contribution in [2.75, 3.05) is 19.7 Å². The van der Waals surface area contributed by atoms with Crippen molar-refractivity contribution >= 4 is 23.4 Å². The van der Waals surface area contributed by atoms with Gasteiger partial charge in [0.1, 0.15) is 11.8 Å². The van der Waals surface area contributed by atoms with Gasteiger partial charge in [0.05, 0.1) is 13.0 Å². The molecule has 3 rings (SSSR count). The van der Waals surface area contributed by atoms with E-state index in [1.54, 1.807) is 0 Å². The molecule has 6 heteroatoms. The van der Waals surface area contributed by atoms with E-state index in [1.165, 1.54) is 5.56 Å². The van der Waals surface area contributed by atoms with Crippen molar-refractivity contribution < 1.29 is 14.3 Å². The maximum Gasteiger partial charge on any atom is 0.245 e. The molecule has 0 aromatic heterocycles. The van der Waals surface area contributed by atoms with Gasteiger partial charge in [0.2, 0.25) is 11.8 Å². The molecule has 1 fully saturated rings. The molecule has 0 saturated carbocycles. The lowest BCUT2D eigenvalue weighted by atomic mass is 9.89. The molecule has 0 unspecified atom stereocenters. The lowest BCUT2D eigenvalue weighted by Crippen LogP contribution is -2.53. The summed E-state index contributed by atoms with van der Waals surface area (Å²) in [6.07, 6.45) is 2.01. The van der Waals surface area contributed by atoms with E-state index < -0.39 is 6.04 Å². The van der Waals surface area contributed by atoms with Gasteiger partial charge in [0, 0.05) is 23.7 Å². The predicted octanol–water partition coefficient (Wildman–Crippen LogP) is 4.83. The summed E-state index contributed by atoms with van der Waals surface area (Å²) in [5, 5.41) is 3.72. The highest BCUT2D eigenvalue weighted by molar-refractivity contribution is 6.30. The Hall–Kier alpha value is -2.53. The zero-order chi connectivity index (χ0) is 23.1. The maximum atomic E-state index is 13.3. The van der Waals surface area contributed by atoms with Gasteiger partial charge in [-0.05, 0) is 55.4 Å². The lowest BCUT2D eigenvalue weighted by molar-refractivity contribution is -0.138. The largest absolute Gasteiger partial charge is 0.494 e. The van der Waals surface area contributed by atoms with Crippen molar-refractivity contribution in [3.8, 4) is 5.75 Å². The number of amides is 2. The van der Waals surface area contributed by atoms with Crippen molar-refractivity contribution in [3.05, 3.63) is 64.7 Å². The van der Waals surface area contributed by atoms with Crippen molar-refractivity contribution in [1.29, 1.82) is 0 Å². The van der Waals surface area contributed by atoms with E-state index >= 15 is 0 Å². The molecule has 2 aromatic rings. The van der Waals surface area contributed by atoms with Crippen molar-refractivity contribution in [2.45, 2.75) is 52.0 Å². The highest BCUT2D eigenvalue weighted by Gasteiger charge is 2.31. The minimum Gasteiger partial charge on any atom is -0.494 e. The highest BCUT2D eigenvalue weighted by Crippen LogP contribution is 2.29. The Labute approximate surface area is 196 Å². The number of benzene rings is 2. The van der Waals surface area contributed by atoms with Crippen LogP contribution in [0.3, 0.4) is 0 Å². The average Bonchev–Trinajstić information content (AvgIpc) is 2.79. The minimum atomic E-state index is -0.533. The van der Waals surface area contributed by atoms with Crippen molar-refractivity contribution in [3.63, 3.8) is 0 Å². The van der Waals surface area contributed by atoms with Crippen LogP contribution >= 0.6 is 11.6 Å². The summed E-state index contributed by atoms with van der Waals surface area (Å²) in [6, 6.07) is 15.0. The van der Waals surface area contributed by atoms with Crippen molar-refractivity contribution in [2.24, 2.45) is 5.92 Å². The molecule has 0 aliphatic carbocycles. The summed E-state index contributed by atoms with van der Waals surface area (Å²) < 4.78 is 5.62. The Bertz CT molecular complexity index is 906. The molecule has 0 radical (unpaired) electrons. The number of nitrogens with one attached hydrogen (secondary N) is 1. The number of hydrogen-bond acceptors (Lipinski definition) is 3. The highest BCUT2D eigenvalue weighted by atomic mass is 35.5. The first-order chi connectivity index (χ1) is 15.4. The van der Waals surface area contributed by atoms with E-state index in [2.05, 4.69) is 17.4 Å². The van der Waals surface area contributed by atoms with E-state index in [0.29, 0.717) is 31.4 Å². The standard InChI is InChI=1S/C26H33ClN2O3/c1-4-32-23-8-6-5-7-21(23)17-24(30)28-25(18(2)3)26(31)29-15-13-20(14-16-29)19-9-11-22(27)12-10-19/h5-12,18,20,25H,4,13-17H2,1-3H3,(H,28,30)/t25-/m1/s1. The third kappa shape index (κ3) is 6.26. The van der Waals surface area contributed by atoms with Gasteiger partial charge in [-0.1, -0.05) is 55.8 Å². The summed E-state index contributed by atoms with van der Waals surface area (Å²) in [5.74, 6) is 0.976. The van der Waals surface area contributed by atoms with Crippen LogP contribution in [0.15, 0.2) is 48.5 Å². The molecular formula is C26H33ClN2O3. The molecule has 1 N–H and O–H groups in total. The van der Waals surface area contributed by atoms with E-state index in [4.69, 9.17) is 16.3 Å².